The lowest BCUT2D eigenvalue weighted by molar-refractivity contribution is 0.601. The number of rotatable bonds is 6. The minimum Gasteiger partial charge on any atom is -0.380 e. The smallest absolute Gasteiger partial charge is 0.263 e. The van der Waals surface area contributed by atoms with E-state index in [4.69, 9.17) is 0 Å². The van der Waals surface area contributed by atoms with Gasteiger partial charge in [0, 0.05) is 18.9 Å². The van der Waals surface area contributed by atoms with Crippen molar-refractivity contribution in [2.75, 3.05) is 10.0 Å². The Bertz CT molecular complexity index is 942. The standard InChI is InChI=1S/C18H18N4O2S/c1-14-4-2-6-17(10-14)25(23,24)22-18-8-7-16(13-21-18)20-12-15-5-3-9-19-11-15/h2-11,13,20H,12H2,1H3,(H,21,22). The molecule has 0 unspecified atom stereocenters. The van der Waals surface area contributed by atoms with Crippen molar-refractivity contribution < 1.29 is 8.42 Å². The molecule has 7 heteroatoms. The molecule has 3 aromatic rings. The molecular weight excluding hydrogens is 336 g/mol. The molecule has 0 radical (unpaired) electrons. The first kappa shape index (κ1) is 16.9. The third-order valence-electron chi connectivity index (χ3n) is 3.52. The number of nitrogens with zero attached hydrogens (tertiary/aromatic N) is 2. The van der Waals surface area contributed by atoms with Crippen molar-refractivity contribution >= 4 is 21.5 Å². The summed E-state index contributed by atoms with van der Waals surface area (Å²) < 4.78 is 27.2. The van der Waals surface area contributed by atoms with E-state index in [1.54, 1.807) is 48.9 Å². The van der Waals surface area contributed by atoms with Gasteiger partial charge in [-0.2, -0.15) is 0 Å². The Balaban J connectivity index is 1.66. The van der Waals surface area contributed by atoms with Crippen molar-refractivity contribution in [3.05, 3.63) is 78.2 Å². The Kier molecular flexibility index (Phi) is 4.95. The SMILES string of the molecule is Cc1cccc(S(=O)(=O)Nc2ccc(NCc3cccnc3)cn2)c1. The van der Waals surface area contributed by atoms with E-state index in [0.717, 1.165) is 16.8 Å². The second-order valence-corrected chi connectivity index (χ2v) is 7.25. The molecule has 0 fully saturated rings. The number of aryl methyl sites for hydroxylation is 1. The Hall–Kier alpha value is -2.93. The molecule has 0 spiro atoms. The Morgan fingerprint density at radius 2 is 1.92 bits per heavy atom. The summed E-state index contributed by atoms with van der Waals surface area (Å²) in [6, 6.07) is 14.0. The zero-order valence-electron chi connectivity index (χ0n) is 13.7. The highest BCUT2D eigenvalue weighted by Gasteiger charge is 2.14. The Labute approximate surface area is 147 Å². The normalized spacial score (nSPS) is 11.1. The minimum absolute atomic E-state index is 0.216. The first-order valence-electron chi connectivity index (χ1n) is 7.71. The summed E-state index contributed by atoms with van der Waals surface area (Å²) in [6.45, 7) is 2.46. The molecule has 128 valence electrons. The first-order chi connectivity index (χ1) is 12.0. The number of nitrogens with one attached hydrogen (secondary N) is 2. The molecule has 0 atom stereocenters. The van der Waals surface area contributed by atoms with Gasteiger partial charge in [-0.05, 0) is 48.4 Å². The van der Waals surface area contributed by atoms with E-state index < -0.39 is 10.0 Å². The van der Waals surface area contributed by atoms with Crippen molar-refractivity contribution in [3.8, 4) is 0 Å². The lowest BCUT2D eigenvalue weighted by Crippen LogP contribution is -2.14. The summed E-state index contributed by atoms with van der Waals surface area (Å²) in [7, 11) is -3.65. The fourth-order valence-corrected chi connectivity index (χ4v) is 3.36. The van der Waals surface area contributed by atoms with E-state index in [1.807, 2.05) is 25.1 Å². The molecule has 0 saturated carbocycles. The molecule has 0 amide bonds. The molecule has 2 N–H and O–H groups in total. The summed E-state index contributed by atoms with van der Waals surface area (Å²) in [6.07, 6.45) is 5.09. The van der Waals surface area contributed by atoms with Crippen molar-refractivity contribution in [1.82, 2.24) is 9.97 Å². The Morgan fingerprint density at radius 3 is 2.60 bits per heavy atom. The van der Waals surface area contributed by atoms with Gasteiger partial charge in [0.15, 0.2) is 0 Å². The van der Waals surface area contributed by atoms with Gasteiger partial charge in [-0.25, -0.2) is 13.4 Å². The van der Waals surface area contributed by atoms with Gasteiger partial charge < -0.3 is 5.32 Å². The molecule has 0 bridgehead atoms. The van der Waals surface area contributed by atoms with Gasteiger partial charge in [0.25, 0.3) is 10.0 Å². The van der Waals surface area contributed by atoms with Crippen molar-refractivity contribution in [2.45, 2.75) is 18.4 Å². The molecule has 0 aliphatic heterocycles. The molecule has 1 aromatic carbocycles. The van der Waals surface area contributed by atoms with E-state index in [-0.39, 0.29) is 10.7 Å². The summed E-state index contributed by atoms with van der Waals surface area (Å²) in [5.74, 6) is 0.272. The molecule has 2 aromatic heterocycles. The van der Waals surface area contributed by atoms with Gasteiger partial charge in [0.1, 0.15) is 5.82 Å². The van der Waals surface area contributed by atoms with Crippen molar-refractivity contribution in [2.24, 2.45) is 0 Å². The third kappa shape index (κ3) is 4.54. The van der Waals surface area contributed by atoms with E-state index in [9.17, 15) is 8.42 Å². The summed E-state index contributed by atoms with van der Waals surface area (Å²) in [5.41, 5.74) is 2.72. The van der Waals surface area contributed by atoms with Crippen LogP contribution >= 0.6 is 0 Å². The van der Waals surface area contributed by atoms with E-state index in [0.29, 0.717) is 6.54 Å². The zero-order valence-corrected chi connectivity index (χ0v) is 14.5. The van der Waals surface area contributed by atoms with Gasteiger partial charge in [0.05, 0.1) is 16.8 Å². The van der Waals surface area contributed by atoms with Gasteiger partial charge in [-0.3, -0.25) is 9.71 Å². The first-order valence-corrected chi connectivity index (χ1v) is 9.19. The fraction of sp³-hybridized carbons (Fsp3) is 0.111. The molecule has 3 rings (SSSR count). The van der Waals surface area contributed by atoms with Crippen LogP contribution in [0.25, 0.3) is 0 Å². The average Bonchev–Trinajstić information content (AvgIpc) is 2.62. The highest BCUT2D eigenvalue weighted by molar-refractivity contribution is 7.92. The number of pyridine rings is 2. The van der Waals surface area contributed by atoms with Crippen LogP contribution in [0.5, 0.6) is 0 Å². The Morgan fingerprint density at radius 1 is 1.04 bits per heavy atom. The molecular formula is C18H18N4O2S. The molecule has 0 aliphatic rings. The number of anilines is 2. The van der Waals surface area contributed by atoms with Crippen LogP contribution in [0, 0.1) is 6.92 Å². The second kappa shape index (κ2) is 7.31. The van der Waals surface area contributed by atoms with Gasteiger partial charge in [-0.15, -0.1) is 0 Å². The highest BCUT2D eigenvalue weighted by atomic mass is 32.2. The number of hydrogen-bond acceptors (Lipinski definition) is 5. The summed E-state index contributed by atoms with van der Waals surface area (Å²) in [4.78, 5) is 8.43. The maximum Gasteiger partial charge on any atom is 0.263 e. The summed E-state index contributed by atoms with van der Waals surface area (Å²) in [5, 5.41) is 3.21. The van der Waals surface area contributed by atoms with Crippen LogP contribution in [0.3, 0.4) is 0 Å². The topological polar surface area (TPSA) is 84.0 Å². The predicted octanol–water partition coefficient (Wildman–Crippen LogP) is 3.20. The van der Waals surface area contributed by atoms with E-state index in [1.165, 1.54) is 0 Å². The van der Waals surface area contributed by atoms with Gasteiger partial charge >= 0.3 is 0 Å². The van der Waals surface area contributed by atoms with Crippen LogP contribution < -0.4 is 10.0 Å². The third-order valence-corrected chi connectivity index (χ3v) is 4.87. The van der Waals surface area contributed by atoms with Crippen LogP contribution in [0.15, 0.2) is 72.0 Å². The second-order valence-electron chi connectivity index (χ2n) is 5.57. The van der Waals surface area contributed by atoms with Gasteiger partial charge in [0.2, 0.25) is 0 Å². The van der Waals surface area contributed by atoms with Crippen LogP contribution in [-0.4, -0.2) is 18.4 Å². The monoisotopic (exact) mass is 354 g/mol. The average molecular weight is 354 g/mol. The van der Waals surface area contributed by atoms with Crippen molar-refractivity contribution in [1.29, 1.82) is 0 Å². The lowest BCUT2D eigenvalue weighted by atomic mass is 10.2. The molecule has 0 saturated heterocycles. The van der Waals surface area contributed by atoms with Crippen LogP contribution in [0.1, 0.15) is 11.1 Å². The zero-order chi connectivity index (χ0) is 17.7. The van der Waals surface area contributed by atoms with E-state index >= 15 is 0 Å². The predicted molar refractivity (Wildman–Crippen MR) is 97.8 cm³/mol. The number of sulfonamides is 1. The molecule has 0 aliphatic carbocycles. The maximum atomic E-state index is 12.4. The van der Waals surface area contributed by atoms with Crippen molar-refractivity contribution in [3.63, 3.8) is 0 Å². The quantitative estimate of drug-likeness (QED) is 0.710. The molecule has 2 heterocycles. The minimum atomic E-state index is -3.65. The largest absolute Gasteiger partial charge is 0.380 e. The maximum absolute atomic E-state index is 12.4. The number of benzene rings is 1. The molecule has 6 nitrogen and oxygen atoms in total. The van der Waals surface area contributed by atoms with Crippen LogP contribution in [-0.2, 0) is 16.6 Å². The summed E-state index contributed by atoms with van der Waals surface area (Å²) >= 11 is 0. The van der Waals surface area contributed by atoms with E-state index in [2.05, 4.69) is 20.0 Å². The highest BCUT2D eigenvalue weighted by Crippen LogP contribution is 2.17. The fourth-order valence-electron chi connectivity index (χ4n) is 2.24. The van der Waals surface area contributed by atoms with Crippen LogP contribution in [0.4, 0.5) is 11.5 Å². The van der Waals surface area contributed by atoms with Crippen LogP contribution in [0.2, 0.25) is 0 Å². The number of aromatic nitrogens is 2. The van der Waals surface area contributed by atoms with Gasteiger partial charge in [-0.1, -0.05) is 18.2 Å². The number of hydrogen-bond donors (Lipinski definition) is 2. The molecule has 25 heavy (non-hydrogen) atoms. The lowest BCUT2D eigenvalue weighted by Gasteiger charge is -2.09.